The smallest absolute Gasteiger partial charge is 0.226 e. The van der Waals surface area contributed by atoms with Gasteiger partial charge in [0.15, 0.2) is 5.65 Å². The molecule has 0 radical (unpaired) electrons. The van der Waals surface area contributed by atoms with Gasteiger partial charge in [-0.15, -0.1) is 0 Å². The fourth-order valence-electron chi connectivity index (χ4n) is 1.52. The van der Waals surface area contributed by atoms with Crippen molar-refractivity contribution < 1.29 is 0 Å². The van der Waals surface area contributed by atoms with E-state index in [1.54, 1.807) is 6.20 Å². The van der Waals surface area contributed by atoms with Gasteiger partial charge in [-0.3, -0.25) is 5.10 Å². The van der Waals surface area contributed by atoms with Crippen LogP contribution in [0.2, 0.25) is 5.28 Å². The van der Waals surface area contributed by atoms with Crippen molar-refractivity contribution in [3.05, 3.63) is 11.5 Å². The van der Waals surface area contributed by atoms with Crippen LogP contribution in [0.5, 0.6) is 0 Å². The molecule has 0 aliphatic heterocycles. The lowest BCUT2D eigenvalue weighted by Gasteiger charge is -2.05. The van der Waals surface area contributed by atoms with Crippen LogP contribution in [0.3, 0.4) is 0 Å². The van der Waals surface area contributed by atoms with Crippen LogP contribution in [0.25, 0.3) is 11.0 Å². The van der Waals surface area contributed by atoms with E-state index in [2.05, 4.69) is 32.4 Å². The minimum Gasteiger partial charge on any atom is -0.369 e. The highest BCUT2D eigenvalue weighted by Gasteiger charge is 2.07. The van der Waals surface area contributed by atoms with Crippen molar-refractivity contribution in [2.75, 3.05) is 11.9 Å². The minimum atomic E-state index is 0.231. The first-order valence-electron chi connectivity index (χ1n) is 5.41. The van der Waals surface area contributed by atoms with Crippen LogP contribution in [0.1, 0.15) is 26.2 Å². The Morgan fingerprint density at radius 2 is 2.25 bits per heavy atom. The monoisotopic (exact) mass is 239 g/mol. The summed E-state index contributed by atoms with van der Waals surface area (Å²) in [6.07, 6.45) is 5.24. The van der Waals surface area contributed by atoms with Crippen LogP contribution in [-0.4, -0.2) is 26.7 Å². The summed E-state index contributed by atoms with van der Waals surface area (Å²) < 4.78 is 0. The maximum Gasteiger partial charge on any atom is 0.226 e. The number of aromatic amines is 1. The zero-order chi connectivity index (χ0) is 11.4. The Hall–Kier alpha value is -1.36. The highest BCUT2D eigenvalue weighted by atomic mass is 35.5. The molecule has 0 unspecified atom stereocenters. The van der Waals surface area contributed by atoms with Crippen molar-refractivity contribution in [2.24, 2.45) is 0 Å². The van der Waals surface area contributed by atoms with E-state index in [-0.39, 0.29) is 5.28 Å². The molecule has 2 aromatic heterocycles. The SMILES string of the molecule is CCCCCNc1nc(Cl)nc2[nH]ncc12. The van der Waals surface area contributed by atoms with Crippen LogP contribution < -0.4 is 5.32 Å². The molecule has 0 saturated heterocycles. The highest BCUT2D eigenvalue weighted by Crippen LogP contribution is 2.19. The molecule has 2 aromatic rings. The number of H-pyrrole nitrogens is 1. The van der Waals surface area contributed by atoms with Crippen LogP contribution >= 0.6 is 11.6 Å². The number of unbranched alkanes of at least 4 members (excludes halogenated alkanes) is 2. The van der Waals surface area contributed by atoms with Crippen molar-refractivity contribution in [1.82, 2.24) is 20.2 Å². The molecule has 2 rings (SSSR count). The minimum absolute atomic E-state index is 0.231. The van der Waals surface area contributed by atoms with Gasteiger partial charge in [-0.25, -0.2) is 0 Å². The van der Waals surface area contributed by atoms with Crippen LogP contribution in [0.15, 0.2) is 6.20 Å². The Labute approximate surface area is 98.6 Å². The third-order valence-corrected chi connectivity index (χ3v) is 2.52. The molecule has 0 aromatic carbocycles. The van der Waals surface area contributed by atoms with Gasteiger partial charge in [0.25, 0.3) is 0 Å². The Morgan fingerprint density at radius 1 is 1.38 bits per heavy atom. The van der Waals surface area contributed by atoms with E-state index in [1.165, 1.54) is 12.8 Å². The van der Waals surface area contributed by atoms with Gasteiger partial charge in [0.05, 0.1) is 11.6 Å². The van der Waals surface area contributed by atoms with E-state index in [4.69, 9.17) is 11.6 Å². The topological polar surface area (TPSA) is 66.5 Å². The van der Waals surface area contributed by atoms with Crippen molar-refractivity contribution in [3.63, 3.8) is 0 Å². The Balaban J connectivity index is 2.12. The maximum absolute atomic E-state index is 5.81. The summed E-state index contributed by atoms with van der Waals surface area (Å²) in [5.41, 5.74) is 0.665. The second kappa shape index (κ2) is 5.12. The highest BCUT2D eigenvalue weighted by molar-refractivity contribution is 6.28. The summed E-state index contributed by atoms with van der Waals surface area (Å²) >= 11 is 5.81. The zero-order valence-electron chi connectivity index (χ0n) is 9.13. The number of rotatable bonds is 5. The fraction of sp³-hybridized carbons (Fsp3) is 0.500. The number of anilines is 1. The van der Waals surface area contributed by atoms with Crippen molar-refractivity contribution >= 4 is 28.5 Å². The molecule has 0 fully saturated rings. The summed E-state index contributed by atoms with van der Waals surface area (Å²) in [4.78, 5) is 8.19. The number of nitrogens with zero attached hydrogens (tertiary/aromatic N) is 3. The number of fused-ring (bicyclic) bond motifs is 1. The van der Waals surface area contributed by atoms with Crippen molar-refractivity contribution in [1.29, 1.82) is 0 Å². The molecule has 0 amide bonds. The average Bonchev–Trinajstić information content (AvgIpc) is 2.72. The first kappa shape index (κ1) is 11.1. The molecule has 86 valence electrons. The standard InChI is InChI=1S/C10H14ClN5/c1-2-3-4-5-12-8-7-6-13-16-9(7)15-10(11)14-8/h6H,2-5H2,1H3,(H2,12,13,14,15,16). The first-order chi connectivity index (χ1) is 7.81. The normalized spacial score (nSPS) is 10.9. The van der Waals surface area contributed by atoms with Gasteiger partial charge >= 0.3 is 0 Å². The summed E-state index contributed by atoms with van der Waals surface area (Å²) in [6.45, 7) is 3.07. The fourth-order valence-corrected chi connectivity index (χ4v) is 1.69. The number of halogens is 1. The largest absolute Gasteiger partial charge is 0.369 e. The third kappa shape index (κ3) is 2.41. The van der Waals surface area contributed by atoms with Crippen LogP contribution in [0, 0.1) is 0 Å². The Kier molecular flexibility index (Phi) is 3.56. The summed E-state index contributed by atoms with van der Waals surface area (Å²) in [5, 5.41) is 11.1. The van der Waals surface area contributed by atoms with E-state index in [0.29, 0.717) is 5.65 Å². The molecule has 6 heteroatoms. The third-order valence-electron chi connectivity index (χ3n) is 2.36. The van der Waals surface area contributed by atoms with Crippen molar-refractivity contribution in [2.45, 2.75) is 26.2 Å². The van der Waals surface area contributed by atoms with Gasteiger partial charge in [0.2, 0.25) is 5.28 Å². The Morgan fingerprint density at radius 3 is 3.06 bits per heavy atom. The summed E-state index contributed by atoms with van der Waals surface area (Å²) in [5.74, 6) is 0.750. The van der Waals surface area contributed by atoms with E-state index < -0.39 is 0 Å². The average molecular weight is 240 g/mol. The number of aromatic nitrogens is 4. The van der Waals surface area contributed by atoms with E-state index in [9.17, 15) is 0 Å². The van der Waals surface area contributed by atoms with Gasteiger partial charge in [0.1, 0.15) is 5.82 Å². The molecule has 5 nitrogen and oxygen atoms in total. The second-order valence-electron chi connectivity index (χ2n) is 3.61. The lowest BCUT2D eigenvalue weighted by molar-refractivity contribution is 0.742. The number of hydrogen-bond donors (Lipinski definition) is 2. The molecular weight excluding hydrogens is 226 g/mol. The molecule has 2 N–H and O–H groups in total. The van der Waals surface area contributed by atoms with Gasteiger partial charge in [0, 0.05) is 6.54 Å². The van der Waals surface area contributed by atoms with Crippen LogP contribution in [0.4, 0.5) is 5.82 Å². The summed E-state index contributed by atoms with van der Waals surface area (Å²) in [6, 6.07) is 0. The molecular formula is C10H14ClN5. The molecule has 0 atom stereocenters. The van der Waals surface area contributed by atoms with Crippen molar-refractivity contribution in [3.8, 4) is 0 Å². The summed E-state index contributed by atoms with van der Waals surface area (Å²) in [7, 11) is 0. The Bertz CT molecular complexity index is 467. The maximum atomic E-state index is 5.81. The molecule has 2 heterocycles. The molecule has 16 heavy (non-hydrogen) atoms. The number of hydrogen-bond acceptors (Lipinski definition) is 4. The molecule has 0 saturated carbocycles. The lowest BCUT2D eigenvalue weighted by Crippen LogP contribution is -2.04. The molecule has 0 aliphatic rings. The van der Waals surface area contributed by atoms with Gasteiger partial charge in [-0.2, -0.15) is 15.1 Å². The van der Waals surface area contributed by atoms with Gasteiger partial charge < -0.3 is 5.32 Å². The lowest BCUT2D eigenvalue weighted by atomic mass is 10.2. The van der Waals surface area contributed by atoms with E-state index >= 15 is 0 Å². The predicted octanol–water partition coefficient (Wildman–Crippen LogP) is 2.61. The zero-order valence-corrected chi connectivity index (χ0v) is 9.88. The molecule has 0 spiro atoms. The number of nitrogens with one attached hydrogen (secondary N) is 2. The predicted molar refractivity (Wildman–Crippen MR) is 64.7 cm³/mol. The second-order valence-corrected chi connectivity index (χ2v) is 3.95. The molecule has 0 bridgehead atoms. The van der Waals surface area contributed by atoms with Crippen LogP contribution in [-0.2, 0) is 0 Å². The quantitative estimate of drug-likeness (QED) is 0.622. The van der Waals surface area contributed by atoms with E-state index in [0.717, 1.165) is 24.2 Å². The van der Waals surface area contributed by atoms with Gasteiger partial charge in [-0.1, -0.05) is 19.8 Å². The first-order valence-corrected chi connectivity index (χ1v) is 5.79. The molecule has 0 aliphatic carbocycles. The van der Waals surface area contributed by atoms with E-state index in [1.807, 2.05) is 0 Å². The van der Waals surface area contributed by atoms with Gasteiger partial charge in [-0.05, 0) is 18.0 Å².